The summed E-state index contributed by atoms with van der Waals surface area (Å²) < 4.78 is 0. The van der Waals surface area contributed by atoms with Gasteiger partial charge in [0.25, 0.3) is 0 Å². The minimum Gasteiger partial charge on any atom is -0.346 e. The van der Waals surface area contributed by atoms with Crippen LogP contribution in [0.2, 0.25) is 0 Å². The molecule has 80 valence electrons. The van der Waals surface area contributed by atoms with Crippen LogP contribution in [0.5, 0.6) is 0 Å². The predicted octanol–water partition coefficient (Wildman–Crippen LogP) is -0.0760. The molecule has 0 saturated carbocycles. The molecule has 0 radical (unpaired) electrons. The van der Waals surface area contributed by atoms with Crippen molar-refractivity contribution < 1.29 is 24.2 Å². The Labute approximate surface area is 81.5 Å². The largest absolute Gasteiger partial charge is 0.355 e. The molecule has 6 heteroatoms. The van der Waals surface area contributed by atoms with E-state index in [0.717, 1.165) is 0 Å². The van der Waals surface area contributed by atoms with Gasteiger partial charge in [0.1, 0.15) is 0 Å². The van der Waals surface area contributed by atoms with Gasteiger partial charge in [0, 0.05) is 13.3 Å². The molecule has 1 N–H and O–H groups in total. The van der Waals surface area contributed by atoms with Gasteiger partial charge in [0.2, 0.25) is 5.91 Å². The highest BCUT2D eigenvalue weighted by Gasteiger charge is 2.10. The first-order chi connectivity index (χ1) is 6.56. The second-order valence-electron chi connectivity index (χ2n) is 2.56. The lowest BCUT2D eigenvalue weighted by Crippen LogP contribution is -2.07. The van der Waals surface area contributed by atoms with Crippen molar-refractivity contribution in [1.82, 2.24) is 5.32 Å². The van der Waals surface area contributed by atoms with Crippen molar-refractivity contribution in [2.45, 2.75) is 26.7 Å². The summed E-state index contributed by atoms with van der Waals surface area (Å²) in [4.78, 5) is 38.0. The molecular formula is C8H13NO5. The van der Waals surface area contributed by atoms with Gasteiger partial charge in [-0.2, -0.15) is 0 Å². The highest BCUT2D eigenvalue weighted by Crippen LogP contribution is 1.91. The molecule has 0 bridgehead atoms. The van der Waals surface area contributed by atoms with Crippen LogP contribution in [0.1, 0.15) is 26.7 Å². The maximum Gasteiger partial charge on any atom is 0.355 e. The number of hydrogen-bond acceptors (Lipinski definition) is 5. The zero-order chi connectivity index (χ0) is 11.0. The lowest BCUT2D eigenvalue weighted by molar-refractivity contribution is -0.257. The second kappa shape index (κ2) is 6.88. The van der Waals surface area contributed by atoms with Crippen LogP contribution >= 0.6 is 0 Å². The van der Waals surface area contributed by atoms with Gasteiger partial charge < -0.3 is 5.32 Å². The SMILES string of the molecule is CCCC(=O)OOC(C)=O.O=C1CN1. The number of amides is 1. The number of hydrogen-bond donors (Lipinski definition) is 1. The zero-order valence-corrected chi connectivity index (χ0v) is 8.16. The Bertz CT molecular complexity index is 220. The van der Waals surface area contributed by atoms with Crippen molar-refractivity contribution in [3.8, 4) is 0 Å². The molecule has 0 aromatic carbocycles. The van der Waals surface area contributed by atoms with Crippen LogP contribution in [0.4, 0.5) is 0 Å². The fraction of sp³-hybridized carbons (Fsp3) is 0.625. The summed E-state index contributed by atoms with van der Waals surface area (Å²) in [7, 11) is 0. The van der Waals surface area contributed by atoms with E-state index in [9.17, 15) is 14.4 Å². The third kappa shape index (κ3) is 10.4. The summed E-state index contributed by atoms with van der Waals surface area (Å²) in [6, 6.07) is 0. The van der Waals surface area contributed by atoms with Gasteiger partial charge >= 0.3 is 11.9 Å². The fourth-order valence-corrected chi connectivity index (χ4v) is 0.387. The molecule has 0 aromatic heterocycles. The van der Waals surface area contributed by atoms with E-state index in [0.29, 0.717) is 13.0 Å². The highest BCUT2D eigenvalue weighted by molar-refractivity contribution is 5.91. The van der Waals surface area contributed by atoms with Gasteiger partial charge in [-0.1, -0.05) is 6.92 Å². The first-order valence-electron chi connectivity index (χ1n) is 4.21. The average Bonchev–Trinajstić information content (AvgIpc) is 2.86. The van der Waals surface area contributed by atoms with E-state index in [1.54, 1.807) is 0 Å². The number of nitrogens with one attached hydrogen (secondary N) is 1. The first-order valence-corrected chi connectivity index (χ1v) is 4.21. The van der Waals surface area contributed by atoms with E-state index in [1.165, 1.54) is 6.92 Å². The lowest BCUT2D eigenvalue weighted by atomic mass is 10.3. The molecule has 1 rings (SSSR count). The van der Waals surface area contributed by atoms with Crippen molar-refractivity contribution in [2.24, 2.45) is 0 Å². The molecular weight excluding hydrogens is 190 g/mol. The standard InChI is InChI=1S/C6H10O4.C2H3NO/c1-3-4-6(8)10-9-5(2)7;4-2-1-3-2/h3-4H2,1-2H3;1H2,(H,3,4). The monoisotopic (exact) mass is 203 g/mol. The minimum atomic E-state index is -0.621. The first kappa shape index (κ1) is 12.4. The molecule has 1 aliphatic rings. The number of carbonyl (C=O) groups excluding carboxylic acids is 3. The van der Waals surface area contributed by atoms with Crippen LogP contribution in [0.3, 0.4) is 0 Å². The van der Waals surface area contributed by atoms with Gasteiger partial charge in [0.05, 0.1) is 6.54 Å². The van der Waals surface area contributed by atoms with E-state index in [1.807, 2.05) is 6.92 Å². The highest BCUT2D eigenvalue weighted by atomic mass is 17.2. The minimum absolute atomic E-state index is 0.167. The topological polar surface area (TPSA) is 91.6 Å². The Hall–Kier alpha value is -1.59. The summed E-state index contributed by atoms with van der Waals surface area (Å²) >= 11 is 0. The van der Waals surface area contributed by atoms with Crippen molar-refractivity contribution in [1.29, 1.82) is 0 Å². The van der Waals surface area contributed by atoms with E-state index in [2.05, 4.69) is 15.1 Å². The van der Waals surface area contributed by atoms with E-state index in [4.69, 9.17) is 0 Å². The predicted molar refractivity (Wildman–Crippen MR) is 45.8 cm³/mol. The average molecular weight is 203 g/mol. The van der Waals surface area contributed by atoms with Gasteiger partial charge in [-0.05, 0) is 6.42 Å². The fourth-order valence-electron chi connectivity index (χ4n) is 0.387. The zero-order valence-electron chi connectivity index (χ0n) is 8.16. The molecule has 1 amide bonds. The molecule has 1 heterocycles. The van der Waals surface area contributed by atoms with Crippen LogP contribution in [0.25, 0.3) is 0 Å². The Balaban J connectivity index is 0.000000344. The molecule has 1 saturated heterocycles. The van der Waals surface area contributed by atoms with Crippen LogP contribution < -0.4 is 5.32 Å². The Morgan fingerprint density at radius 3 is 2.21 bits per heavy atom. The van der Waals surface area contributed by atoms with Crippen molar-refractivity contribution in [3.63, 3.8) is 0 Å². The van der Waals surface area contributed by atoms with Gasteiger partial charge in [-0.3, -0.25) is 4.79 Å². The number of carbonyl (C=O) groups is 3. The van der Waals surface area contributed by atoms with E-state index in [-0.39, 0.29) is 12.3 Å². The van der Waals surface area contributed by atoms with Gasteiger partial charge in [0.15, 0.2) is 0 Å². The van der Waals surface area contributed by atoms with Crippen LogP contribution in [0, 0.1) is 0 Å². The van der Waals surface area contributed by atoms with Crippen LogP contribution in [-0.4, -0.2) is 24.4 Å². The Morgan fingerprint density at radius 2 is 1.93 bits per heavy atom. The van der Waals surface area contributed by atoms with E-state index >= 15 is 0 Å². The quantitative estimate of drug-likeness (QED) is 0.385. The van der Waals surface area contributed by atoms with Crippen LogP contribution in [-0.2, 0) is 24.2 Å². The molecule has 1 fully saturated rings. The Kier molecular flexibility index (Phi) is 6.09. The Morgan fingerprint density at radius 1 is 1.43 bits per heavy atom. The maximum atomic E-state index is 10.4. The third-order valence-corrected chi connectivity index (χ3v) is 1.03. The van der Waals surface area contributed by atoms with Crippen LogP contribution in [0.15, 0.2) is 0 Å². The van der Waals surface area contributed by atoms with Gasteiger partial charge in [-0.15, -0.1) is 0 Å². The molecule has 0 unspecified atom stereocenters. The van der Waals surface area contributed by atoms with Crippen molar-refractivity contribution in [3.05, 3.63) is 0 Å². The summed E-state index contributed by atoms with van der Waals surface area (Å²) in [6.45, 7) is 3.59. The number of rotatable bonds is 2. The molecule has 6 nitrogen and oxygen atoms in total. The summed E-state index contributed by atoms with van der Waals surface area (Å²) in [6.07, 6.45) is 0.952. The molecule has 0 atom stereocenters. The molecule has 1 aliphatic heterocycles. The molecule has 0 aromatic rings. The third-order valence-electron chi connectivity index (χ3n) is 1.03. The smallest absolute Gasteiger partial charge is 0.346 e. The summed E-state index contributed by atoms with van der Waals surface area (Å²) in [5.41, 5.74) is 0. The van der Waals surface area contributed by atoms with Crippen molar-refractivity contribution >= 4 is 17.8 Å². The summed E-state index contributed by atoms with van der Waals surface area (Å²) in [5.74, 6) is -0.970. The van der Waals surface area contributed by atoms with Crippen molar-refractivity contribution in [2.75, 3.05) is 6.54 Å². The second-order valence-corrected chi connectivity index (χ2v) is 2.56. The molecule has 0 aliphatic carbocycles. The van der Waals surface area contributed by atoms with E-state index < -0.39 is 11.9 Å². The van der Waals surface area contributed by atoms with Gasteiger partial charge in [-0.25, -0.2) is 19.4 Å². The molecule has 14 heavy (non-hydrogen) atoms. The normalized spacial score (nSPS) is 11.7. The summed E-state index contributed by atoms with van der Waals surface area (Å²) in [5, 5.41) is 2.46. The molecule has 0 spiro atoms. The maximum absolute atomic E-state index is 10.4. The lowest BCUT2D eigenvalue weighted by Gasteiger charge is -1.97.